The van der Waals surface area contributed by atoms with Gasteiger partial charge >= 0.3 is 0 Å². The van der Waals surface area contributed by atoms with Crippen LogP contribution in [-0.4, -0.2) is 14.7 Å². The fraction of sp³-hybridized carbons (Fsp3) is 0.250. The van der Waals surface area contributed by atoms with Crippen molar-refractivity contribution in [3.8, 4) is 0 Å². The monoisotopic (exact) mass is 270 g/mol. The lowest BCUT2D eigenvalue weighted by molar-refractivity contribution is 0.156. The van der Waals surface area contributed by atoms with E-state index in [1.807, 2.05) is 11.5 Å². The molecule has 1 heterocycles. The van der Waals surface area contributed by atoms with Crippen LogP contribution in [0.2, 0.25) is 10.0 Å². The predicted molar refractivity (Wildman–Crippen MR) is 68.4 cm³/mol. The Morgan fingerprint density at radius 2 is 2.18 bits per heavy atom. The van der Waals surface area contributed by atoms with Gasteiger partial charge in [0.2, 0.25) is 0 Å². The number of aryl methyl sites for hydroxylation is 1. The summed E-state index contributed by atoms with van der Waals surface area (Å²) < 4.78 is 1.87. The lowest BCUT2D eigenvalue weighted by atomic mass is 10.1. The van der Waals surface area contributed by atoms with Crippen molar-refractivity contribution >= 4 is 23.2 Å². The van der Waals surface area contributed by atoms with Crippen LogP contribution in [0.25, 0.3) is 0 Å². The van der Waals surface area contributed by atoms with E-state index in [-0.39, 0.29) is 0 Å². The van der Waals surface area contributed by atoms with E-state index < -0.39 is 6.10 Å². The number of hydrogen-bond donors (Lipinski definition) is 1. The fourth-order valence-corrected chi connectivity index (χ4v) is 2.17. The topological polar surface area (TPSA) is 38.0 Å². The molecule has 0 aliphatic rings. The number of aliphatic hydroxyl groups excluding tert-OH is 1. The minimum atomic E-state index is -0.673. The molecule has 2 aromatic rings. The van der Waals surface area contributed by atoms with Crippen LogP contribution in [0.4, 0.5) is 0 Å². The van der Waals surface area contributed by atoms with Crippen molar-refractivity contribution < 1.29 is 5.11 Å². The van der Waals surface area contributed by atoms with Gasteiger partial charge < -0.3 is 9.67 Å². The van der Waals surface area contributed by atoms with Gasteiger partial charge in [0.15, 0.2) is 0 Å². The van der Waals surface area contributed by atoms with Gasteiger partial charge in [-0.25, -0.2) is 4.98 Å². The van der Waals surface area contributed by atoms with Gasteiger partial charge in [0.05, 0.1) is 19.0 Å². The van der Waals surface area contributed by atoms with Crippen molar-refractivity contribution in [3.63, 3.8) is 0 Å². The molecular weight excluding hydrogens is 259 g/mol. The molecule has 17 heavy (non-hydrogen) atoms. The summed E-state index contributed by atoms with van der Waals surface area (Å²) in [6, 6.07) is 5.08. The number of benzene rings is 1. The highest BCUT2D eigenvalue weighted by Gasteiger charge is 2.13. The van der Waals surface area contributed by atoms with E-state index in [2.05, 4.69) is 4.98 Å². The summed E-state index contributed by atoms with van der Waals surface area (Å²) in [7, 11) is 0. The summed E-state index contributed by atoms with van der Waals surface area (Å²) >= 11 is 11.8. The van der Waals surface area contributed by atoms with Gasteiger partial charge in [0.25, 0.3) is 0 Å². The standard InChI is InChI=1S/C12H12Cl2N2O/c1-8-5-15-7-16(8)6-12(17)10-3-2-9(13)4-11(10)14/h2-5,7,12,17H,6H2,1H3. The molecule has 0 radical (unpaired) electrons. The Morgan fingerprint density at radius 1 is 1.41 bits per heavy atom. The predicted octanol–water partition coefficient (Wildman–Crippen LogP) is 3.23. The molecule has 2 rings (SSSR count). The Labute approximate surface area is 110 Å². The van der Waals surface area contributed by atoms with Crippen LogP contribution in [0.3, 0.4) is 0 Å². The lowest BCUT2D eigenvalue weighted by Gasteiger charge is -2.14. The lowest BCUT2D eigenvalue weighted by Crippen LogP contribution is -2.09. The first-order valence-corrected chi connectivity index (χ1v) is 5.93. The average molecular weight is 271 g/mol. The maximum Gasteiger partial charge on any atom is 0.0983 e. The maximum absolute atomic E-state index is 10.1. The third-order valence-corrected chi connectivity index (χ3v) is 3.17. The quantitative estimate of drug-likeness (QED) is 0.930. The van der Waals surface area contributed by atoms with Gasteiger partial charge in [-0.3, -0.25) is 0 Å². The second-order valence-electron chi connectivity index (χ2n) is 3.87. The Kier molecular flexibility index (Phi) is 3.72. The molecule has 5 heteroatoms. The summed E-state index contributed by atoms with van der Waals surface area (Å²) in [6.07, 6.45) is 2.76. The summed E-state index contributed by atoms with van der Waals surface area (Å²) in [6.45, 7) is 2.36. The normalized spacial score (nSPS) is 12.7. The summed E-state index contributed by atoms with van der Waals surface area (Å²) in [5.41, 5.74) is 1.67. The minimum absolute atomic E-state index is 0.424. The van der Waals surface area contributed by atoms with Crippen molar-refractivity contribution in [2.75, 3.05) is 0 Å². The van der Waals surface area contributed by atoms with Crippen LogP contribution in [-0.2, 0) is 6.54 Å². The molecule has 1 unspecified atom stereocenters. The van der Waals surface area contributed by atoms with Gasteiger partial charge in [0.1, 0.15) is 0 Å². The molecule has 0 fully saturated rings. The molecule has 0 bridgehead atoms. The number of aromatic nitrogens is 2. The van der Waals surface area contributed by atoms with Crippen LogP contribution in [0, 0.1) is 6.92 Å². The molecule has 90 valence electrons. The van der Waals surface area contributed by atoms with Crippen molar-refractivity contribution in [2.45, 2.75) is 19.6 Å². The van der Waals surface area contributed by atoms with E-state index in [1.165, 1.54) is 0 Å². The molecule has 0 aliphatic heterocycles. The highest BCUT2D eigenvalue weighted by Crippen LogP contribution is 2.27. The summed E-state index contributed by atoms with van der Waals surface area (Å²) in [5.74, 6) is 0. The van der Waals surface area contributed by atoms with Crippen LogP contribution in [0.5, 0.6) is 0 Å². The second-order valence-corrected chi connectivity index (χ2v) is 4.71. The smallest absolute Gasteiger partial charge is 0.0983 e. The molecular formula is C12H12Cl2N2O. The molecule has 0 aliphatic carbocycles. The molecule has 3 nitrogen and oxygen atoms in total. The van der Waals surface area contributed by atoms with Crippen molar-refractivity contribution in [3.05, 3.63) is 52.0 Å². The van der Waals surface area contributed by atoms with E-state index in [4.69, 9.17) is 23.2 Å². The molecule has 0 saturated heterocycles. The number of hydrogen-bond acceptors (Lipinski definition) is 2. The number of nitrogens with zero attached hydrogens (tertiary/aromatic N) is 2. The minimum Gasteiger partial charge on any atom is -0.386 e. The number of aliphatic hydroxyl groups is 1. The number of halogens is 2. The Bertz CT molecular complexity index is 525. The first-order valence-electron chi connectivity index (χ1n) is 5.17. The second kappa shape index (κ2) is 5.08. The molecule has 1 N–H and O–H groups in total. The van der Waals surface area contributed by atoms with Crippen molar-refractivity contribution in [2.24, 2.45) is 0 Å². The molecule has 1 atom stereocenters. The molecule has 0 amide bonds. The Morgan fingerprint density at radius 3 is 2.76 bits per heavy atom. The zero-order valence-corrected chi connectivity index (χ0v) is 10.8. The first kappa shape index (κ1) is 12.4. The average Bonchev–Trinajstić information content (AvgIpc) is 2.64. The van der Waals surface area contributed by atoms with Gasteiger partial charge in [-0.1, -0.05) is 29.3 Å². The molecule has 0 saturated carbocycles. The van der Waals surface area contributed by atoms with E-state index in [1.54, 1.807) is 30.7 Å². The van der Waals surface area contributed by atoms with E-state index in [9.17, 15) is 5.11 Å². The van der Waals surface area contributed by atoms with E-state index in [0.717, 1.165) is 5.69 Å². The number of rotatable bonds is 3. The molecule has 1 aromatic heterocycles. The van der Waals surface area contributed by atoms with E-state index in [0.29, 0.717) is 22.2 Å². The third kappa shape index (κ3) is 2.80. The molecule has 0 spiro atoms. The van der Waals surface area contributed by atoms with Crippen molar-refractivity contribution in [1.82, 2.24) is 9.55 Å². The number of imidazole rings is 1. The Hall–Kier alpha value is -1.03. The largest absolute Gasteiger partial charge is 0.386 e. The zero-order valence-electron chi connectivity index (χ0n) is 9.27. The highest BCUT2D eigenvalue weighted by atomic mass is 35.5. The highest BCUT2D eigenvalue weighted by molar-refractivity contribution is 6.35. The Balaban J connectivity index is 2.20. The van der Waals surface area contributed by atoms with Gasteiger partial charge in [-0.15, -0.1) is 0 Å². The van der Waals surface area contributed by atoms with Crippen LogP contribution < -0.4 is 0 Å². The van der Waals surface area contributed by atoms with E-state index >= 15 is 0 Å². The zero-order chi connectivity index (χ0) is 12.4. The molecule has 1 aromatic carbocycles. The summed E-state index contributed by atoms with van der Waals surface area (Å²) in [5, 5.41) is 11.1. The van der Waals surface area contributed by atoms with Crippen LogP contribution in [0.15, 0.2) is 30.7 Å². The van der Waals surface area contributed by atoms with Crippen LogP contribution in [0.1, 0.15) is 17.4 Å². The maximum atomic E-state index is 10.1. The first-order chi connectivity index (χ1) is 8.08. The van der Waals surface area contributed by atoms with Gasteiger partial charge in [-0.05, 0) is 19.1 Å². The van der Waals surface area contributed by atoms with Crippen LogP contribution >= 0.6 is 23.2 Å². The fourth-order valence-electron chi connectivity index (χ4n) is 1.63. The van der Waals surface area contributed by atoms with Gasteiger partial charge in [-0.2, -0.15) is 0 Å². The van der Waals surface area contributed by atoms with Crippen molar-refractivity contribution in [1.29, 1.82) is 0 Å². The third-order valence-electron chi connectivity index (χ3n) is 2.61. The summed E-state index contributed by atoms with van der Waals surface area (Å²) in [4.78, 5) is 4.00. The van der Waals surface area contributed by atoms with Gasteiger partial charge in [0, 0.05) is 27.5 Å². The SMILES string of the molecule is Cc1cncn1CC(O)c1ccc(Cl)cc1Cl.